The summed E-state index contributed by atoms with van der Waals surface area (Å²) >= 11 is 1.78. The molecule has 1 aliphatic heterocycles. The molecule has 1 aliphatic rings. The highest BCUT2D eigenvalue weighted by Crippen LogP contribution is 2.33. The predicted octanol–water partition coefficient (Wildman–Crippen LogP) is 1.77. The van der Waals surface area contributed by atoms with Gasteiger partial charge in [-0.3, -0.25) is 0 Å². The predicted molar refractivity (Wildman–Crippen MR) is 109 cm³/mol. The number of aromatic nitrogens is 4. The Bertz CT molecular complexity index is 1180. The van der Waals surface area contributed by atoms with Crippen molar-refractivity contribution in [2.24, 2.45) is 5.16 Å². The zero-order valence-corrected chi connectivity index (χ0v) is 16.7. The maximum atomic E-state index is 5.41. The zero-order chi connectivity index (χ0) is 19.1. The van der Waals surface area contributed by atoms with E-state index in [1.54, 1.807) is 28.4 Å². The molecule has 5 rings (SSSR count). The van der Waals surface area contributed by atoms with Gasteiger partial charge < -0.3 is 9.74 Å². The molecule has 0 aliphatic carbocycles. The minimum atomic E-state index is 0.227. The standard InChI is InChI=1S/C20H20N6OS/c1-13-3-5-14(6-4-13)9-22-27-11-17-23-19-18-15-7-8-25(2)10-16(15)28-20(18)21-12-26(19)24-17/h3-6,9,12H,7-8,10-11H2,1-2H3/p+1/b22-9-. The van der Waals surface area contributed by atoms with Crippen molar-refractivity contribution in [2.45, 2.75) is 26.5 Å². The third-order valence-electron chi connectivity index (χ3n) is 5.07. The average Bonchev–Trinajstić information content (AvgIpc) is 3.26. The highest BCUT2D eigenvalue weighted by Gasteiger charge is 2.24. The number of benzene rings is 1. The van der Waals surface area contributed by atoms with Crippen molar-refractivity contribution in [3.8, 4) is 0 Å². The van der Waals surface area contributed by atoms with Gasteiger partial charge >= 0.3 is 0 Å². The van der Waals surface area contributed by atoms with Crippen LogP contribution < -0.4 is 4.90 Å². The summed E-state index contributed by atoms with van der Waals surface area (Å²) in [5.74, 6) is 0.605. The first-order chi connectivity index (χ1) is 13.7. The fourth-order valence-electron chi connectivity index (χ4n) is 3.56. The van der Waals surface area contributed by atoms with E-state index in [1.807, 2.05) is 24.3 Å². The number of nitrogens with zero attached hydrogens (tertiary/aromatic N) is 5. The van der Waals surface area contributed by atoms with Crippen LogP contribution in [0.25, 0.3) is 15.9 Å². The van der Waals surface area contributed by atoms with Crippen LogP contribution >= 0.6 is 11.3 Å². The van der Waals surface area contributed by atoms with Crippen LogP contribution in [0.15, 0.2) is 35.7 Å². The number of nitrogens with one attached hydrogen (secondary N) is 1. The molecular weight excluding hydrogens is 372 g/mol. The molecule has 7 nitrogen and oxygen atoms in total. The molecule has 0 amide bonds. The molecule has 8 heteroatoms. The van der Waals surface area contributed by atoms with Crippen molar-refractivity contribution in [3.63, 3.8) is 0 Å². The first kappa shape index (κ1) is 17.3. The second-order valence-corrected chi connectivity index (χ2v) is 8.36. The van der Waals surface area contributed by atoms with Crippen LogP contribution in [0.4, 0.5) is 0 Å². The first-order valence-electron chi connectivity index (χ1n) is 9.35. The van der Waals surface area contributed by atoms with Crippen molar-refractivity contribution in [3.05, 3.63) is 58.0 Å². The Morgan fingerprint density at radius 2 is 2.18 bits per heavy atom. The van der Waals surface area contributed by atoms with E-state index in [9.17, 15) is 0 Å². The first-order valence-corrected chi connectivity index (χ1v) is 10.2. The molecule has 0 saturated heterocycles. The fourth-order valence-corrected chi connectivity index (χ4v) is 4.86. The van der Waals surface area contributed by atoms with E-state index < -0.39 is 0 Å². The van der Waals surface area contributed by atoms with Crippen molar-refractivity contribution < 1.29 is 9.74 Å². The number of quaternary nitrogens is 1. The van der Waals surface area contributed by atoms with Crippen LogP contribution in [0.2, 0.25) is 0 Å². The van der Waals surface area contributed by atoms with E-state index >= 15 is 0 Å². The number of fused-ring (bicyclic) bond motifs is 5. The van der Waals surface area contributed by atoms with Crippen molar-refractivity contribution in [2.75, 3.05) is 13.6 Å². The zero-order valence-electron chi connectivity index (χ0n) is 15.8. The van der Waals surface area contributed by atoms with Crippen LogP contribution in [0.5, 0.6) is 0 Å². The molecule has 0 fully saturated rings. The number of oxime groups is 1. The van der Waals surface area contributed by atoms with E-state index in [0.29, 0.717) is 5.82 Å². The summed E-state index contributed by atoms with van der Waals surface area (Å²) in [6.45, 7) is 4.48. The van der Waals surface area contributed by atoms with Crippen LogP contribution in [-0.4, -0.2) is 39.4 Å². The second kappa shape index (κ2) is 6.96. The van der Waals surface area contributed by atoms with Gasteiger partial charge in [0.05, 0.1) is 30.1 Å². The van der Waals surface area contributed by atoms with E-state index in [1.165, 1.54) is 20.9 Å². The number of thiophene rings is 1. The third-order valence-corrected chi connectivity index (χ3v) is 6.21. The van der Waals surface area contributed by atoms with E-state index in [0.717, 1.165) is 40.9 Å². The lowest BCUT2D eigenvalue weighted by atomic mass is 10.1. The van der Waals surface area contributed by atoms with Crippen molar-refractivity contribution in [1.29, 1.82) is 0 Å². The summed E-state index contributed by atoms with van der Waals surface area (Å²) in [5, 5.41) is 9.69. The molecular formula is C20H21N6OS+. The Morgan fingerprint density at radius 3 is 3.04 bits per heavy atom. The summed E-state index contributed by atoms with van der Waals surface area (Å²) in [5.41, 5.74) is 4.47. The lowest BCUT2D eigenvalue weighted by Crippen LogP contribution is -3.08. The lowest BCUT2D eigenvalue weighted by molar-refractivity contribution is -0.895. The molecule has 0 saturated carbocycles. The van der Waals surface area contributed by atoms with Crippen molar-refractivity contribution >= 4 is 33.4 Å². The molecule has 0 spiro atoms. The quantitative estimate of drug-likeness (QED) is 0.424. The van der Waals surface area contributed by atoms with Gasteiger partial charge in [0.15, 0.2) is 18.1 Å². The maximum Gasteiger partial charge on any atom is 0.192 e. The summed E-state index contributed by atoms with van der Waals surface area (Å²) in [4.78, 5) is 18.7. The lowest BCUT2D eigenvalue weighted by Gasteiger charge is -2.19. The average molecular weight is 393 g/mol. The second-order valence-electron chi connectivity index (χ2n) is 7.28. The Balaban J connectivity index is 1.39. The molecule has 4 heterocycles. The third kappa shape index (κ3) is 3.14. The molecule has 0 radical (unpaired) electrons. The van der Waals surface area contributed by atoms with Gasteiger partial charge in [-0.25, -0.2) is 14.5 Å². The molecule has 4 aromatic rings. The summed E-state index contributed by atoms with van der Waals surface area (Å²) in [6, 6.07) is 8.10. The summed E-state index contributed by atoms with van der Waals surface area (Å²) < 4.78 is 1.75. The summed E-state index contributed by atoms with van der Waals surface area (Å²) in [7, 11) is 2.24. The maximum absolute atomic E-state index is 5.41. The topological polar surface area (TPSA) is 69.1 Å². The minimum absolute atomic E-state index is 0.227. The van der Waals surface area contributed by atoms with Crippen LogP contribution in [0.3, 0.4) is 0 Å². The molecule has 1 atom stereocenters. The highest BCUT2D eigenvalue weighted by atomic mass is 32.1. The van der Waals surface area contributed by atoms with Gasteiger partial charge in [0.1, 0.15) is 17.7 Å². The van der Waals surface area contributed by atoms with Gasteiger partial charge in [-0.2, -0.15) is 0 Å². The number of hydrogen-bond donors (Lipinski definition) is 1. The Kier molecular flexibility index (Phi) is 4.29. The SMILES string of the molecule is Cc1ccc(/C=N\OCc2nc3c4c5c(sc4ncn3n2)C[NH+](C)CC5)cc1. The van der Waals surface area contributed by atoms with Gasteiger partial charge in [-0.1, -0.05) is 35.0 Å². The number of rotatable bonds is 4. The van der Waals surface area contributed by atoms with Crippen LogP contribution in [0, 0.1) is 6.92 Å². The number of aryl methyl sites for hydroxylation is 1. The normalized spacial score (nSPS) is 16.9. The Hall–Kier alpha value is -2.84. The highest BCUT2D eigenvalue weighted by molar-refractivity contribution is 7.19. The van der Waals surface area contributed by atoms with E-state index in [-0.39, 0.29) is 6.61 Å². The van der Waals surface area contributed by atoms with Crippen LogP contribution in [-0.2, 0) is 24.4 Å². The van der Waals surface area contributed by atoms with Gasteiger partial charge in [0, 0.05) is 6.42 Å². The molecule has 0 bridgehead atoms. The van der Waals surface area contributed by atoms with Gasteiger partial charge in [-0.15, -0.1) is 16.4 Å². The van der Waals surface area contributed by atoms with Gasteiger partial charge in [0.2, 0.25) is 0 Å². The van der Waals surface area contributed by atoms with Crippen LogP contribution in [0.1, 0.15) is 27.4 Å². The largest absolute Gasteiger partial charge is 0.387 e. The monoisotopic (exact) mass is 393 g/mol. The molecule has 1 N–H and O–H groups in total. The van der Waals surface area contributed by atoms with Crippen molar-refractivity contribution in [1.82, 2.24) is 19.6 Å². The minimum Gasteiger partial charge on any atom is -0.387 e. The molecule has 1 aromatic carbocycles. The fraction of sp³-hybridized carbons (Fsp3) is 0.300. The van der Waals surface area contributed by atoms with E-state index in [4.69, 9.17) is 9.82 Å². The Labute approximate surface area is 166 Å². The number of hydrogen-bond acceptors (Lipinski definition) is 6. The number of likely N-dealkylation sites (N-methyl/N-ethyl adjacent to an activating group) is 1. The molecule has 1 unspecified atom stereocenters. The molecule has 3 aromatic heterocycles. The molecule has 142 valence electrons. The molecule has 28 heavy (non-hydrogen) atoms. The van der Waals surface area contributed by atoms with Gasteiger partial charge in [0.25, 0.3) is 0 Å². The smallest absolute Gasteiger partial charge is 0.192 e. The summed E-state index contributed by atoms with van der Waals surface area (Å²) in [6.07, 6.45) is 4.49. The van der Waals surface area contributed by atoms with Gasteiger partial charge in [-0.05, 0) is 18.1 Å². The Morgan fingerprint density at radius 1 is 1.32 bits per heavy atom. The van der Waals surface area contributed by atoms with E-state index in [2.05, 4.69) is 29.2 Å².